The highest BCUT2D eigenvalue weighted by Crippen LogP contribution is 2.21. The van der Waals surface area contributed by atoms with Gasteiger partial charge >= 0.3 is 0 Å². The van der Waals surface area contributed by atoms with Gasteiger partial charge in [0.2, 0.25) is 0 Å². The average molecular weight is 246 g/mol. The summed E-state index contributed by atoms with van der Waals surface area (Å²) in [5.74, 6) is 0.720. The SMILES string of the molecule is Cc1ccc(CN2CC(C)CNCC2(C)C)cc1. The summed E-state index contributed by atoms with van der Waals surface area (Å²) in [6.07, 6.45) is 0. The van der Waals surface area contributed by atoms with Gasteiger partial charge in [-0.2, -0.15) is 0 Å². The van der Waals surface area contributed by atoms with Crippen LogP contribution in [0.2, 0.25) is 0 Å². The second kappa shape index (κ2) is 5.41. The molecule has 0 spiro atoms. The minimum atomic E-state index is 0.232. The number of hydrogen-bond acceptors (Lipinski definition) is 2. The van der Waals surface area contributed by atoms with Crippen molar-refractivity contribution in [2.24, 2.45) is 5.92 Å². The molecular formula is C16H26N2. The normalized spacial score (nSPS) is 24.8. The zero-order valence-electron chi connectivity index (χ0n) is 12.2. The van der Waals surface area contributed by atoms with Crippen molar-refractivity contribution in [2.45, 2.75) is 39.8 Å². The number of aryl methyl sites for hydroxylation is 1. The van der Waals surface area contributed by atoms with Crippen molar-refractivity contribution in [3.05, 3.63) is 35.4 Å². The molecule has 0 amide bonds. The van der Waals surface area contributed by atoms with Crippen LogP contribution in [0.1, 0.15) is 31.9 Å². The maximum absolute atomic E-state index is 3.57. The summed E-state index contributed by atoms with van der Waals surface area (Å²) in [6, 6.07) is 8.94. The number of rotatable bonds is 2. The second-order valence-electron chi connectivity index (χ2n) is 6.41. The summed E-state index contributed by atoms with van der Waals surface area (Å²) < 4.78 is 0. The molecule has 2 nitrogen and oxygen atoms in total. The lowest BCUT2D eigenvalue weighted by Gasteiger charge is -2.37. The van der Waals surface area contributed by atoms with Crippen LogP contribution in [0.25, 0.3) is 0 Å². The Kier molecular flexibility index (Phi) is 4.08. The minimum Gasteiger partial charge on any atom is -0.315 e. The summed E-state index contributed by atoms with van der Waals surface area (Å²) in [5.41, 5.74) is 2.99. The molecule has 0 bridgehead atoms. The fourth-order valence-electron chi connectivity index (χ4n) is 2.62. The van der Waals surface area contributed by atoms with Crippen LogP contribution in [0.5, 0.6) is 0 Å². The summed E-state index contributed by atoms with van der Waals surface area (Å²) >= 11 is 0. The van der Waals surface area contributed by atoms with Crippen molar-refractivity contribution >= 4 is 0 Å². The van der Waals surface area contributed by atoms with Crippen LogP contribution < -0.4 is 5.32 Å². The molecule has 1 N–H and O–H groups in total. The molecule has 1 atom stereocenters. The number of nitrogens with zero attached hydrogens (tertiary/aromatic N) is 1. The van der Waals surface area contributed by atoms with Crippen LogP contribution >= 0.6 is 0 Å². The monoisotopic (exact) mass is 246 g/mol. The molecular weight excluding hydrogens is 220 g/mol. The highest BCUT2D eigenvalue weighted by atomic mass is 15.2. The lowest BCUT2D eigenvalue weighted by atomic mass is 10.0. The predicted octanol–water partition coefficient (Wildman–Crippen LogP) is 2.81. The largest absolute Gasteiger partial charge is 0.315 e. The van der Waals surface area contributed by atoms with Crippen LogP contribution in [0.4, 0.5) is 0 Å². The molecule has 0 saturated carbocycles. The molecule has 1 aliphatic rings. The van der Waals surface area contributed by atoms with Crippen molar-refractivity contribution < 1.29 is 0 Å². The van der Waals surface area contributed by atoms with Crippen LogP contribution in [0.3, 0.4) is 0 Å². The third-order valence-corrected chi connectivity index (χ3v) is 3.93. The summed E-state index contributed by atoms with van der Waals surface area (Å²) in [6.45, 7) is 13.6. The molecule has 2 rings (SSSR count). The van der Waals surface area contributed by atoms with Gasteiger partial charge in [0.05, 0.1) is 0 Å². The first-order chi connectivity index (χ1) is 8.47. The fourth-order valence-corrected chi connectivity index (χ4v) is 2.62. The van der Waals surface area contributed by atoms with Crippen molar-refractivity contribution in [1.82, 2.24) is 10.2 Å². The van der Waals surface area contributed by atoms with Gasteiger partial charge < -0.3 is 5.32 Å². The lowest BCUT2D eigenvalue weighted by Crippen LogP contribution is -2.48. The molecule has 1 saturated heterocycles. The van der Waals surface area contributed by atoms with E-state index >= 15 is 0 Å². The fraction of sp³-hybridized carbons (Fsp3) is 0.625. The van der Waals surface area contributed by atoms with E-state index in [1.165, 1.54) is 17.7 Å². The second-order valence-corrected chi connectivity index (χ2v) is 6.41. The van der Waals surface area contributed by atoms with Gasteiger partial charge in [-0.1, -0.05) is 36.8 Å². The molecule has 18 heavy (non-hydrogen) atoms. The van der Waals surface area contributed by atoms with E-state index in [-0.39, 0.29) is 5.54 Å². The Hall–Kier alpha value is -0.860. The topological polar surface area (TPSA) is 15.3 Å². The molecule has 100 valence electrons. The van der Waals surface area contributed by atoms with Gasteiger partial charge in [0.15, 0.2) is 0 Å². The van der Waals surface area contributed by atoms with Gasteiger partial charge in [-0.3, -0.25) is 4.90 Å². The Morgan fingerprint density at radius 3 is 2.61 bits per heavy atom. The van der Waals surface area contributed by atoms with Gasteiger partial charge in [-0.25, -0.2) is 0 Å². The van der Waals surface area contributed by atoms with E-state index in [2.05, 4.69) is 62.2 Å². The average Bonchev–Trinajstić information content (AvgIpc) is 2.42. The Balaban J connectivity index is 2.11. The van der Waals surface area contributed by atoms with Crippen LogP contribution in [-0.2, 0) is 6.54 Å². The highest BCUT2D eigenvalue weighted by molar-refractivity contribution is 5.21. The first-order valence-corrected chi connectivity index (χ1v) is 6.99. The number of benzene rings is 1. The standard InChI is InChI=1S/C16H26N2/c1-13-5-7-15(8-6-13)11-18-10-14(2)9-17-12-16(18,3)4/h5-8,14,17H,9-12H2,1-4H3. The van der Waals surface area contributed by atoms with E-state index in [4.69, 9.17) is 0 Å². The Labute approximate surface area is 111 Å². The minimum absolute atomic E-state index is 0.232. The van der Waals surface area contributed by atoms with Gasteiger partial charge in [0.25, 0.3) is 0 Å². The Bertz CT molecular complexity index is 381. The van der Waals surface area contributed by atoms with E-state index in [9.17, 15) is 0 Å². The smallest absolute Gasteiger partial charge is 0.0281 e. The van der Waals surface area contributed by atoms with Gasteiger partial charge in [0, 0.05) is 25.2 Å². The molecule has 1 unspecified atom stereocenters. The van der Waals surface area contributed by atoms with Crippen molar-refractivity contribution in [3.8, 4) is 0 Å². The first kappa shape index (κ1) is 13.6. The van der Waals surface area contributed by atoms with Crippen LogP contribution in [-0.4, -0.2) is 30.1 Å². The summed E-state index contributed by atoms with van der Waals surface area (Å²) in [5, 5.41) is 3.57. The first-order valence-electron chi connectivity index (χ1n) is 6.99. The Morgan fingerprint density at radius 1 is 1.28 bits per heavy atom. The van der Waals surface area contributed by atoms with E-state index < -0.39 is 0 Å². The van der Waals surface area contributed by atoms with E-state index in [1.54, 1.807) is 0 Å². The molecule has 1 aliphatic heterocycles. The highest BCUT2D eigenvalue weighted by Gasteiger charge is 2.30. The quantitative estimate of drug-likeness (QED) is 0.863. The third kappa shape index (κ3) is 3.33. The molecule has 0 aliphatic carbocycles. The molecule has 1 fully saturated rings. The molecule has 0 radical (unpaired) electrons. The maximum Gasteiger partial charge on any atom is 0.0281 e. The summed E-state index contributed by atoms with van der Waals surface area (Å²) in [4.78, 5) is 2.61. The summed E-state index contributed by atoms with van der Waals surface area (Å²) in [7, 11) is 0. The van der Waals surface area contributed by atoms with E-state index in [0.717, 1.165) is 25.6 Å². The third-order valence-electron chi connectivity index (χ3n) is 3.93. The molecule has 1 aromatic rings. The van der Waals surface area contributed by atoms with Gasteiger partial charge in [-0.15, -0.1) is 0 Å². The van der Waals surface area contributed by atoms with E-state index in [1.807, 2.05) is 0 Å². The van der Waals surface area contributed by atoms with Gasteiger partial charge in [0.1, 0.15) is 0 Å². The van der Waals surface area contributed by atoms with Crippen LogP contribution in [0, 0.1) is 12.8 Å². The predicted molar refractivity (Wildman–Crippen MR) is 77.7 cm³/mol. The van der Waals surface area contributed by atoms with Crippen molar-refractivity contribution in [3.63, 3.8) is 0 Å². The van der Waals surface area contributed by atoms with Gasteiger partial charge in [-0.05, 0) is 38.8 Å². The number of hydrogen-bond donors (Lipinski definition) is 1. The maximum atomic E-state index is 3.57. The van der Waals surface area contributed by atoms with Crippen LogP contribution in [0.15, 0.2) is 24.3 Å². The zero-order valence-corrected chi connectivity index (χ0v) is 12.2. The lowest BCUT2D eigenvalue weighted by molar-refractivity contribution is 0.114. The molecule has 1 heterocycles. The van der Waals surface area contributed by atoms with Crippen molar-refractivity contribution in [2.75, 3.05) is 19.6 Å². The Morgan fingerprint density at radius 2 is 1.94 bits per heavy atom. The molecule has 1 aromatic carbocycles. The van der Waals surface area contributed by atoms with Crippen molar-refractivity contribution in [1.29, 1.82) is 0 Å². The number of nitrogens with one attached hydrogen (secondary N) is 1. The zero-order chi connectivity index (χ0) is 13.2. The van der Waals surface area contributed by atoms with E-state index in [0.29, 0.717) is 0 Å². The molecule has 0 aromatic heterocycles. The molecule has 2 heteroatoms.